The van der Waals surface area contributed by atoms with E-state index in [9.17, 15) is 0 Å². The number of hydrogen-bond donors (Lipinski definition) is 1. The van der Waals surface area contributed by atoms with Gasteiger partial charge >= 0.3 is 0 Å². The van der Waals surface area contributed by atoms with Gasteiger partial charge in [0.2, 0.25) is 0 Å². The number of fused-ring (bicyclic) bond motifs is 2. The summed E-state index contributed by atoms with van der Waals surface area (Å²) in [5.41, 5.74) is 1.40. The van der Waals surface area contributed by atoms with Crippen LogP contribution < -0.4 is 15.8 Å². The molecule has 1 aromatic rings. The summed E-state index contributed by atoms with van der Waals surface area (Å²) in [6.07, 6.45) is 11.1. The maximum Gasteiger partial charge on any atom is 0.0566 e. The van der Waals surface area contributed by atoms with Crippen LogP contribution in [-0.4, -0.2) is 6.04 Å². The molecule has 80 valence electrons. The summed E-state index contributed by atoms with van der Waals surface area (Å²) in [5.74, 6) is 0.463. The molecule has 1 heteroatoms. The average Bonchev–Trinajstić information content (AvgIpc) is 2.48. The molecule has 0 radical (unpaired) electrons. The van der Waals surface area contributed by atoms with Crippen molar-refractivity contribution >= 4 is 12.3 Å². The third-order valence-electron chi connectivity index (χ3n) is 3.35. The maximum absolute atomic E-state index is 3.51. The molecular formula is C15H15N. The van der Waals surface area contributed by atoms with Crippen molar-refractivity contribution in [2.75, 3.05) is 0 Å². The number of benzene rings is 1. The third-order valence-corrected chi connectivity index (χ3v) is 3.35. The molecular weight excluding hydrogens is 194 g/mol. The van der Waals surface area contributed by atoms with Crippen LogP contribution in [0.15, 0.2) is 48.1 Å². The Labute approximate surface area is 95.5 Å². The minimum Gasteiger partial charge on any atom is -0.383 e. The van der Waals surface area contributed by atoms with Gasteiger partial charge in [0.15, 0.2) is 0 Å². The molecule has 2 atom stereocenters. The Bertz CT molecular complexity index is 578. The number of hydrogen-bond acceptors (Lipinski definition) is 1. The van der Waals surface area contributed by atoms with Gasteiger partial charge < -0.3 is 5.32 Å². The summed E-state index contributed by atoms with van der Waals surface area (Å²) in [6.45, 7) is 2.19. The van der Waals surface area contributed by atoms with E-state index in [2.05, 4.69) is 67.0 Å². The topological polar surface area (TPSA) is 12.0 Å². The highest BCUT2D eigenvalue weighted by molar-refractivity contribution is 5.45. The van der Waals surface area contributed by atoms with Gasteiger partial charge in [0.05, 0.1) is 6.04 Å². The van der Waals surface area contributed by atoms with Crippen molar-refractivity contribution in [1.29, 1.82) is 0 Å². The van der Waals surface area contributed by atoms with E-state index in [-0.39, 0.29) is 0 Å². The molecule has 1 nitrogen and oxygen atoms in total. The van der Waals surface area contributed by atoms with E-state index in [1.807, 2.05) is 0 Å². The van der Waals surface area contributed by atoms with Gasteiger partial charge in [0, 0.05) is 12.1 Å². The molecule has 0 saturated carbocycles. The van der Waals surface area contributed by atoms with E-state index in [1.54, 1.807) is 0 Å². The summed E-state index contributed by atoms with van der Waals surface area (Å²) >= 11 is 0. The predicted molar refractivity (Wildman–Crippen MR) is 67.9 cm³/mol. The van der Waals surface area contributed by atoms with Crippen LogP contribution in [0.25, 0.3) is 12.3 Å². The van der Waals surface area contributed by atoms with Crippen LogP contribution in [0.2, 0.25) is 0 Å². The van der Waals surface area contributed by atoms with Crippen LogP contribution >= 0.6 is 0 Å². The highest BCUT2D eigenvalue weighted by Gasteiger charge is 2.20. The van der Waals surface area contributed by atoms with Crippen molar-refractivity contribution in [3.8, 4) is 0 Å². The first-order valence-electron chi connectivity index (χ1n) is 5.73. The first kappa shape index (κ1) is 9.46. The summed E-state index contributed by atoms with van der Waals surface area (Å²) in [7, 11) is 0. The summed E-state index contributed by atoms with van der Waals surface area (Å²) in [5, 5.41) is 6.11. The van der Waals surface area contributed by atoms with Gasteiger partial charge in [-0.3, -0.25) is 0 Å². The Morgan fingerprint density at radius 2 is 1.94 bits per heavy atom. The molecule has 2 unspecified atom stereocenters. The fourth-order valence-electron chi connectivity index (χ4n) is 2.43. The zero-order chi connectivity index (χ0) is 11.0. The zero-order valence-corrected chi connectivity index (χ0v) is 9.35. The molecule has 0 aromatic heterocycles. The second kappa shape index (κ2) is 3.67. The summed E-state index contributed by atoms with van der Waals surface area (Å²) in [6, 6.07) is 8.92. The SMILES string of the molecule is CC1=CC=CC2C=c3ccccc3=CNC12. The Morgan fingerprint density at radius 3 is 2.81 bits per heavy atom. The monoisotopic (exact) mass is 209 g/mol. The van der Waals surface area contributed by atoms with E-state index in [0.717, 1.165) is 0 Å². The van der Waals surface area contributed by atoms with Crippen LogP contribution in [0.1, 0.15) is 6.92 Å². The normalized spacial score (nSPS) is 26.2. The highest BCUT2D eigenvalue weighted by atomic mass is 14.9. The first-order chi connectivity index (χ1) is 7.84. The molecule has 2 aliphatic rings. The largest absolute Gasteiger partial charge is 0.383 e. The van der Waals surface area contributed by atoms with Crippen molar-refractivity contribution in [2.45, 2.75) is 13.0 Å². The van der Waals surface area contributed by atoms with Crippen LogP contribution in [0.5, 0.6) is 0 Å². The van der Waals surface area contributed by atoms with Gasteiger partial charge in [0.1, 0.15) is 0 Å². The van der Waals surface area contributed by atoms with E-state index >= 15 is 0 Å². The minimum absolute atomic E-state index is 0.414. The lowest BCUT2D eigenvalue weighted by Gasteiger charge is -2.25. The maximum atomic E-state index is 3.51. The first-order valence-corrected chi connectivity index (χ1v) is 5.73. The van der Waals surface area contributed by atoms with Crippen molar-refractivity contribution in [2.24, 2.45) is 5.92 Å². The van der Waals surface area contributed by atoms with Gasteiger partial charge in [0.25, 0.3) is 0 Å². The zero-order valence-electron chi connectivity index (χ0n) is 9.35. The van der Waals surface area contributed by atoms with Crippen molar-refractivity contribution in [1.82, 2.24) is 5.32 Å². The predicted octanol–water partition coefficient (Wildman–Crippen LogP) is 1.31. The molecule has 0 fully saturated rings. The molecule has 3 rings (SSSR count). The molecule has 1 aromatic carbocycles. The number of allylic oxidation sites excluding steroid dienone is 2. The van der Waals surface area contributed by atoms with Crippen molar-refractivity contribution in [3.05, 3.63) is 58.5 Å². The van der Waals surface area contributed by atoms with E-state index in [1.165, 1.54) is 16.0 Å². The fourth-order valence-corrected chi connectivity index (χ4v) is 2.43. The quantitative estimate of drug-likeness (QED) is 0.679. The molecule has 1 aliphatic heterocycles. The Kier molecular flexibility index (Phi) is 2.17. The molecule has 16 heavy (non-hydrogen) atoms. The lowest BCUT2D eigenvalue weighted by atomic mass is 9.89. The summed E-state index contributed by atoms with van der Waals surface area (Å²) < 4.78 is 0. The van der Waals surface area contributed by atoms with Gasteiger partial charge in [-0.05, 0) is 17.4 Å². The van der Waals surface area contributed by atoms with Crippen LogP contribution in [0, 0.1) is 5.92 Å². The fraction of sp³-hybridized carbons (Fsp3) is 0.200. The molecule has 0 bridgehead atoms. The minimum atomic E-state index is 0.414. The number of nitrogens with one attached hydrogen (secondary N) is 1. The second-order valence-electron chi connectivity index (χ2n) is 4.46. The van der Waals surface area contributed by atoms with E-state index in [0.29, 0.717) is 12.0 Å². The lowest BCUT2D eigenvalue weighted by molar-refractivity contribution is 0.613. The Morgan fingerprint density at radius 1 is 1.12 bits per heavy atom. The van der Waals surface area contributed by atoms with Crippen LogP contribution in [0.4, 0.5) is 0 Å². The van der Waals surface area contributed by atoms with Gasteiger partial charge in [-0.25, -0.2) is 0 Å². The molecule has 1 heterocycles. The smallest absolute Gasteiger partial charge is 0.0566 e. The Hall–Kier alpha value is -1.76. The summed E-state index contributed by atoms with van der Waals surface area (Å²) in [4.78, 5) is 0. The molecule has 0 spiro atoms. The Balaban J connectivity index is 2.18. The molecule has 1 N–H and O–H groups in total. The van der Waals surface area contributed by atoms with Gasteiger partial charge in [-0.15, -0.1) is 0 Å². The molecule has 1 aliphatic carbocycles. The van der Waals surface area contributed by atoms with E-state index < -0.39 is 0 Å². The third kappa shape index (κ3) is 1.49. The standard InChI is InChI=1S/C15H15N/c1-11-5-4-8-13-9-12-6-2-3-7-14(12)10-16-15(11)13/h2-10,13,15-16H,1H3. The van der Waals surface area contributed by atoms with Crippen molar-refractivity contribution < 1.29 is 0 Å². The molecule has 0 saturated heterocycles. The number of rotatable bonds is 0. The van der Waals surface area contributed by atoms with Gasteiger partial charge in [-0.2, -0.15) is 0 Å². The molecule has 0 amide bonds. The van der Waals surface area contributed by atoms with Crippen LogP contribution in [0.3, 0.4) is 0 Å². The lowest BCUT2D eigenvalue weighted by Crippen LogP contribution is -2.32. The van der Waals surface area contributed by atoms with Gasteiger partial charge in [-0.1, -0.05) is 54.1 Å². The van der Waals surface area contributed by atoms with Crippen molar-refractivity contribution in [3.63, 3.8) is 0 Å². The average molecular weight is 209 g/mol. The highest BCUT2D eigenvalue weighted by Crippen LogP contribution is 2.20. The second-order valence-corrected chi connectivity index (χ2v) is 4.46. The van der Waals surface area contributed by atoms with E-state index in [4.69, 9.17) is 0 Å². The van der Waals surface area contributed by atoms with Crippen LogP contribution in [-0.2, 0) is 0 Å².